The van der Waals surface area contributed by atoms with Gasteiger partial charge in [-0.1, -0.05) is 18.2 Å². The van der Waals surface area contributed by atoms with Gasteiger partial charge in [-0.15, -0.1) is 0 Å². The van der Waals surface area contributed by atoms with Gasteiger partial charge in [-0.25, -0.2) is 0 Å². The number of cyclic esters (lactones) is 1. The lowest BCUT2D eigenvalue weighted by Gasteiger charge is -2.15. The van der Waals surface area contributed by atoms with Crippen LogP contribution >= 0.6 is 0 Å². The van der Waals surface area contributed by atoms with Gasteiger partial charge in [-0.05, 0) is 37.6 Å². The van der Waals surface area contributed by atoms with E-state index in [1.165, 1.54) is 13.0 Å². The molecule has 0 bridgehead atoms. The van der Waals surface area contributed by atoms with Gasteiger partial charge in [0.1, 0.15) is 11.5 Å². The molecule has 0 saturated carbocycles. The fourth-order valence-electron chi connectivity index (χ4n) is 2.02. The first-order valence-electron chi connectivity index (χ1n) is 6.90. The molecule has 0 aromatic heterocycles. The fraction of sp³-hybridized carbons (Fsp3) is 0.235. The molecule has 114 valence electrons. The summed E-state index contributed by atoms with van der Waals surface area (Å²) in [6, 6.07) is 7.11. The zero-order chi connectivity index (χ0) is 16.1. The minimum absolute atomic E-state index is 0.203. The van der Waals surface area contributed by atoms with Gasteiger partial charge in [-0.3, -0.25) is 14.4 Å². The molecule has 1 unspecified atom stereocenters. The smallest absolute Gasteiger partial charge is 0.329 e. The highest BCUT2D eigenvalue weighted by Crippen LogP contribution is 2.17. The van der Waals surface area contributed by atoms with Crippen LogP contribution in [0.5, 0.6) is 5.75 Å². The SMILES string of the molecule is CCOc1ccc(/C=C/C(=O)C2C(=O)C=C(C)OC2=O)cc1. The van der Waals surface area contributed by atoms with Crippen molar-refractivity contribution in [2.75, 3.05) is 6.61 Å². The predicted octanol–water partition coefficient (Wildman–Crippen LogP) is 2.31. The molecule has 1 aliphatic rings. The standard InChI is InChI=1S/C17H16O5/c1-3-21-13-7-4-12(5-8-13)6-9-14(18)16-15(19)10-11(2)22-17(16)20/h4-10,16H,3H2,1-2H3/b9-6+. The van der Waals surface area contributed by atoms with Gasteiger partial charge in [-0.2, -0.15) is 0 Å². The van der Waals surface area contributed by atoms with Crippen LogP contribution in [0, 0.1) is 5.92 Å². The number of hydrogen-bond donors (Lipinski definition) is 0. The van der Waals surface area contributed by atoms with E-state index in [4.69, 9.17) is 9.47 Å². The molecule has 0 aliphatic carbocycles. The monoisotopic (exact) mass is 300 g/mol. The van der Waals surface area contributed by atoms with E-state index in [-0.39, 0.29) is 5.76 Å². The van der Waals surface area contributed by atoms with Gasteiger partial charge in [0.2, 0.25) is 0 Å². The highest BCUT2D eigenvalue weighted by molar-refractivity contribution is 6.25. The Hall–Kier alpha value is -2.69. The summed E-state index contributed by atoms with van der Waals surface area (Å²) in [5, 5.41) is 0. The topological polar surface area (TPSA) is 69.7 Å². The zero-order valence-electron chi connectivity index (χ0n) is 12.4. The Morgan fingerprint density at radius 3 is 2.55 bits per heavy atom. The average Bonchev–Trinajstić information content (AvgIpc) is 2.46. The highest BCUT2D eigenvalue weighted by Gasteiger charge is 2.36. The summed E-state index contributed by atoms with van der Waals surface area (Å²) < 4.78 is 10.1. The Balaban J connectivity index is 2.08. The molecule has 1 aliphatic heterocycles. The maximum Gasteiger partial charge on any atom is 0.329 e. The van der Waals surface area contributed by atoms with Gasteiger partial charge in [0.15, 0.2) is 17.5 Å². The Morgan fingerprint density at radius 2 is 1.95 bits per heavy atom. The zero-order valence-corrected chi connectivity index (χ0v) is 12.4. The summed E-state index contributed by atoms with van der Waals surface area (Å²) in [4.78, 5) is 35.4. The summed E-state index contributed by atoms with van der Waals surface area (Å²) in [6.07, 6.45) is 3.92. The third-order valence-electron chi connectivity index (χ3n) is 3.04. The molecule has 5 heteroatoms. The van der Waals surface area contributed by atoms with Crippen molar-refractivity contribution in [3.05, 3.63) is 47.7 Å². The van der Waals surface area contributed by atoms with Crippen molar-refractivity contribution < 1.29 is 23.9 Å². The maximum absolute atomic E-state index is 12.0. The maximum atomic E-state index is 12.0. The lowest BCUT2D eigenvalue weighted by atomic mass is 9.96. The van der Waals surface area contributed by atoms with E-state index in [2.05, 4.69) is 0 Å². The van der Waals surface area contributed by atoms with Crippen LogP contribution in [0.15, 0.2) is 42.2 Å². The minimum Gasteiger partial charge on any atom is -0.494 e. The molecule has 0 radical (unpaired) electrons. The van der Waals surface area contributed by atoms with Gasteiger partial charge in [0, 0.05) is 6.08 Å². The molecule has 1 heterocycles. The highest BCUT2D eigenvalue weighted by atomic mass is 16.5. The van der Waals surface area contributed by atoms with E-state index in [0.717, 1.165) is 17.4 Å². The Morgan fingerprint density at radius 1 is 1.27 bits per heavy atom. The number of benzene rings is 1. The fourth-order valence-corrected chi connectivity index (χ4v) is 2.02. The van der Waals surface area contributed by atoms with Crippen LogP contribution in [-0.2, 0) is 19.1 Å². The number of hydrogen-bond acceptors (Lipinski definition) is 5. The number of rotatable bonds is 5. The van der Waals surface area contributed by atoms with Crippen LogP contribution in [0.1, 0.15) is 19.4 Å². The summed E-state index contributed by atoms with van der Waals surface area (Å²) in [5.74, 6) is -2.43. The van der Waals surface area contributed by atoms with Crippen molar-refractivity contribution in [2.45, 2.75) is 13.8 Å². The first-order chi connectivity index (χ1) is 10.5. The average molecular weight is 300 g/mol. The van der Waals surface area contributed by atoms with E-state index < -0.39 is 23.5 Å². The summed E-state index contributed by atoms with van der Waals surface area (Å²) in [6.45, 7) is 3.96. The van der Waals surface area contributed by atoms with Crippen molar-refractivity contribution >= 4 is 23.6 Å². The van der Waals surface area contributed by atoms with Crippen molar-refractivity contribution in [3.63, 3.8) is 0 Å². The first-order valence-corrected chi connectivity index (χ1v) is 6.90. The lowest BCUT2D eigenvalue weighted by molar-refractivity contribution is -0.151. The number of ketones is 2. The van der Waals surface area contributed by atoms with Gasteiger partial charge < -0.3 is 9.47 Å². The molecule has 1 aromatic rings. The molecule has 22 heavy (non-hydrogen) atoms. The van der Waals surface area contributed by atoms with Crippen LogP contribution in [-0.4, -0.2) is 24.1 Å². The van der Waals surface area contributed by atoms with E-state index in [9.17, 15) is 14.4 Å². The lowest BCUT2D eigenvalue weighted by Crippen LogP contribution is -2.34. The molecule has 0 N–H and O–H groups in total. The predicted molar refractivity (Wildman–Crippen MR) is 80.0 cm³/mol. The van der Waals surface area contributed by atoms with Crippen LogP contribution in [0.2, 0.25) is 0 Å². The van der Waals surface area contributed by atoms with Crippen LogP contribution in [0.3, 0.4) is 0 Å². The molecule has 1 atom stereocenters. The summed E-state index contributed by atoms with van der Waals surface area (Å²) >= 11 is 0. The second-order valence-corrected chi connectivity index (χ2v) is 4.75. The van der Waals surface area contributed by atoms with Crippen molar-refractivity contribution in [1.29, 1.82) is 0 Å². The first kappa shape index (κ1) is 15.7. The summed E-state index contributed by atoms with van der Waals surface area (Å²) in [5.41, 5.74) is 0.764. The largest absolute Gasteiger partial charge is 0.494 e. The van der Waals surface area contributed by atoms with Gasteiger partial charge >= 0.3 is 5.97 Å². The second-order valence-electron chi connectivity index (χ2n) is 4.75. The van der Waals surface area contributed by atoms with E-state index in [1.807, 2.05) is 6.92 Å². The minimum atomic E-state index is -1.40. The molecular weight excluding hydrogens is 284 g/mol. The molecular formula is C17H16O5. The molecule has 5 nitrogen and oxygen atoms in total. The number of carbonyl (C=O) groups excluding carboxylic acids is 3. The van der Waals surface area contributed by atoms with Gasteiger partial charge in [0.25, 0.3) is 0 Å². The quantitative estimate of drug-likeness (QED) is 0.474. The van der Waals surface area contributed by atoms with Crippen LogP contribution in [0.25, 0.3) is 6.08 Å². The molecule has 1 aromatic carbocycles. The number of allylic oxidation sites excluding steroid dienone is 3. The van der Waals surface area contributed by atoms with E-state index in [1.54, 1.807) is 30.3 Å². The van der Waals surface area contributed by atoms with E-state index in [0.29, 0.717) is 6.61 Å². The van der Waals surface area contributed by atoms with Gasteiger partial charge in [0.05, 0.1) is 6.61 Å². The Kier molecular flexibility index (Phi) is 4.88. The van der Waals surface area contributed by atoms with Crippen molar-refractivity contribution in [3.8, 4) is 5.75 Å². The van der Waals surface area contributed by atoms with Crippen LogP contribution < -0.4 is 4.74 Å². The molecule has 0 spiro atoms. The normalized spacial score (nSPS) is 18.1. The number of ether oxygens (including phenoxy) is 2. The van der Waals surface area contributed by atoms with Crippen LogP contribution in [0.4, 0.5) is 0 Å². The second kappa shape index (κ2) is 6.85. The Labute approximate surface area is 128 Å². The number of esters is 1. The van der Waals surface area contributed by atoms with E-state index >= 15 is 0 Å². The summed E-state index contributed by atoms with van der Waals surface area (Å²) in [7, 11) is 0. The molecule has 0 fully saturated rings. The Bertz CT molecular complexity index is 652. The molecule has 0 saturated heterocycles. The molecule has 2 rings (SSSR count). The van der Waals surface area contributed by atoms with Crippen molar-refractivity contribution in [1.82, 2.24) is 0 Å². The van der Waals surface area contributed by atoms with Crippen molar-refractivity contribution in [2.24, 2.45) is 5.92 Å². The molecule has 0 amide bonds. The third-order valence-corrected chi connectivity index (χ3v) is 3.04. The third kappa shape index (κ3) is 3.69. The number of carbonyl (C=O) groups is 3.